The molecule has 0 aliphatic carbocycles. The first-order valence-corrected chi connectivity index (χ1v) is 9.96. The van der Waals surface area contributed by atoms with Gasteiger partial charge in [-0.25, -0.2) is 0 Å². The van der Waals surface area contributed by atoms with E-state index in [1.54, 1.807) is 31.1 Å². The Kier molecular flexibility index (Phi) is 7.68. The van der Waals surface area contributed by atoms with E-state index in [9.17, 15) is 9.59 Å². The Morgan fingerprint density at radius 1 is 1.10 bits per heavy atom. The first-order chi connectivity index (χ1) is 13.6. The summed E-state index contributed by atoms with van der Waals surface area (Å²) in [6.07, 6.45) is 0.189. The Morgan fingerprint density at radius 3 is 2.34 bits per heavy atom. The lowest BCUT2D eigenvalue weighted by Crippen LogP contribution is -2.52. The molecule has 0 saturated carbocycles. The third-order valence-electron chi connectivity index (χ3n) is 4.42. The Labute approximate surface area is 178 Å². The highest BCUT2D eigenvalue weighted by atomic mass is 35.5. The van der Waals surface area contributed by atoms with E-state index in [0.717, 1.165) is 11.1 Å². The number of halogens is 1. The van der Waals surface area contributed by atoms with E-state index in [-0.39, 0.29) is 23.8 Å². The van der Waals surface area contributed by atoms with Crippen LogP contribution in [0.5, 0.6) is 5.75 Å². The highest BCUT2D eigenvalue weighted by Crippen LogP contribution is 2.18. The van der Waals surface area contributed by atoms with Crippen LogP contribution in [0.15, 0.2) is 48.5 Å². The summed E-state index contributed by atoms with van der Waals surface area (Å²) in [5.41, 5.74) is 1.36. The zero-order chi connectivity index (χ0) is 21.6. The van der Waals surface area contributed by atoms with E-state index in [2.05, 4.69) is 5.32 Å². The lowest BCUT2D eigenvalue weighted by atomic mass is 10.1. The predicted octanol–water partition coefficient (Wildman–Crippen LogP) is 4.22. The van der Waals surface area contributed by atoms with Crippen LogP contribution < -0.4 is 10.1 Å². The van der Waals surface area contributed by atoms with Gasteiger partial charge in [-0.2, -0.15) is 0 Å². The van der Waals surface area contributed by atoms with Crippen LogP contribution in [0.4, 0.5) is 0 Å². The van der Waals surface area contributed by atoms with Gasteiger partial charge in [-0.15, -0.1) is 0 Å². The molecule has 0 aliphatic rings. The maximum absolute atomic E-state index is 13.1. The normalized spacial score (nSPS) is 12.2. The minimum absolute atomic E-state index is 0.133. The number of carbonyl (C=O) groups excluding carboxylic acids is 2. The minimum atomic E-state index is -0.625. The predicted molar refractivity (Wildman–Crippen MR) is 116 cm³/mol. The van der Waals surface area contributed by atoms with E-state index in [4.69, 9.17) is 16.3 Å². The Morgan fingerprint density at radius 2 is 1.76 bits per heavy atom. The number of hydrogen-bond acceptors (Lipinski definition) is 3. The van der Waals surface area contributed by atoms with E-state index in [1.807, 2.05) is 57.2 Å². The van der Waals surface area contributed by atoms with E-state index in [0.29, 0.717) is 17.3 Å². The van der Waals surface area contributed by atoms with Gasteiger partial charge in [0.15, 0.2) is 0 Å². The molecule has 0 spiro atoms. The largest absolute Gasteiger partial charge is 0.497 e. The molecule has 0 heterocycles. The molecule has 0 aromatic heterocycles. The van der Waals surface area contributed by atoms with Gasteiger partial charge >= 0.3 is 0 Å². The van der Waals surface area contributed by atoms with Crippen LogP contribution >= 0.6 is 11.6 Å². The van der Waals surface area contributed by atoms with Crippen LogP contribution in [0.1, 0.15) is 38.8 Å². The van der Waals surface area contributed by atoms with Crippen LogP contribution in [0, 0.1) is 0 Å². The van der Waals surface area contributed by atoms with Crippen LogP contribution in [0.25, 0.3) is 0 Å². The fourth-order valence-corrected chi connectivity index (χ4v) is 3.03. The van der Waals surface area contributed by atoms with Crippen molar-refractivity contribution in [3.05, 3.63) is 64.7 Å². The number of methoxy groups -OCH3 is 1. The average Bonchev–Trinajstić information content (AvgIpc) is 2.66. The van der Waals surface area contributed by atoms with Gasteiger partial charge in [0.2, 0.25) is 11.8 Å². The Balaban J connectivity index is 2.26. The third-order valence-corrected chi connectivity index (χ3v) is 4.67. The highest BCUT2D eigenvalue weighted by Gasteiger charge is 2.28. The van der Waals surface area contributed by atoms with Crippen molar-refractivity contribution in [2.24, 2.45) is 0 Å². The molecule has 0 radical (unpaired) electrons. The molecule has 1 unspecified atom stereocenters. The fourth-order valence-electron chi connectivity index (χ4n) is 2.90. The van der Waals surface area contributed by atoms with Gasteiger partial charge < -0.3 is 15.0 Å². The number of ether oxygens (including phenoxy) is 1. The molecule has 2 aromatic rings. The Hall–Kier alpha value is -2.53. The molecular weight excluding hydrogens is 388 g/mol. The lowest BCUT2D eigenvalue weighted by molar-refractivity contribution is -0.140. The van der Waals surface area contributed by atoms with E-state index < -0.39 is 6.04 Å². The lowest BCUT2D eigenvalue weighted by Gasteiger charge is -2.31. The van der Waals surface area contributed by atoms with Gasteiger partial charge in [0, 0.05) is 17.1 Å². The number of nitrogens with one attached hydrogen (secondary N) is 1. The van der Waals surface area contributed by atoms with Crippen LogP contribution in [0.2, 0.25) is 5.02 Å². The quantitative estimate of drug-likeness (QED) is 0.735. The van der Waals surface area contributed by atoms with Crippen molar-refractivity contribution in [1.29, 1.82) is 0 Å². The zero-order valence-electron chi connectivity index (χ0n) is 17.7. The Bertz CT molecular complexity index is 844. The summed E-state index contributed by atoms with van der Waals surface area (Å²) < 4.78 is 5.28. The second-order valence-electron chi connectivity index (χ2n) is 8.09. The van der Waals surface area contributed by atoms with Crippen molar-refractivity contribution >= 4 is 23.4 Å². The topological polar surface area (TPSA) is 58.6 Å². The van der Waals surface area contributed by atoms with Gasteiger partial charge in [-0.3, -0.25) is 9.59 Å². The third kappa shape index (κ3) is 7.09. The molecule has 1 N–H and O–H groups in total. The summed E-state index contributed by atoms with van der Waals surface area (Å²) in [7, 11) is 1.60. The molecule has 2 amide bonds. The number of carbonyl (C=O) groups is 2. The van der Waals surface area contributed by atoms with Gasteiger partial charge in [0.25, 0.3) is 0 Å². The van der Waals surface area contributed by atoms with Gasteiger partial charge in [0.05, 0.1) is 13.5 Å². The second-order valence-corrected chi connectivity index (χ2v) is 8.53. The molecule has 2 rings (SSSR count). The summed E-state index contributed by atoms with van der Waals surface area (Å²) in [5, 5.41) is 3.58. The van der Waals surface area contributed by atoms with E-state index >= 15 is 0 Å². The minimum Gasteiger partial charge on any atom is -0.497 e. The van der Waals surface area contributed by atoms with Gasteiger partial charge in [-0.1, -0.05) is 35.9 Å². The van der Waals surface area contributed by atoms with Crippen molar-refractivity contribution in [1.82, 2.24) is 10.2 Å². The first kappa shape index (κ1) is 22.8. The number of amides is 2. The van der Waals surface area contributed by atoms with Crippen molar-refractivity contribution in [2.45, 2.75) is 52.2 Å². The summed E-state index contributed by atoms with van der Waals surface area (Å²) in [4.78, 5) is 27.5. The van der Waals surface area contributed by atoms with Crippen LogP contribution in [-0.2, 0) is 22.6 Å². The molecule has 1 atom stereocenters. The molecule has 2 aromatic carbocycles. The zero-order valence-corrected chi connectivity index (χ0v) is 18.4. The van der Waals surface area contributed by atoms with Crippen molar-refractivity contribution in [3.8, 4) is 5.75 Å². The summed E-state index contributed by atoms with van der Waals surface area (Å²) in [5.74, 6) is 0.385. The second kappa shape index (κ2) is 9.79. The molecule has 0 saturated heterocycles. The first-order valence-electron chi connectivity index (χ1n) is 9.58. The van der Waals surface area contributed by atoms with Crippen LogP contribution in [0.3, 0.4) is 0 Å². The molecule has 0 bridgehead atoms. The van der Waals surface area contributed by atoms with Gasteiger partial charge in [0.1, 0.15) is 11.8 Å². The van der Waals surface area contributed by atoms with Crippen molar-refractivity contribution in [3.63, 3.8) is 0 Å². The summed E-state index contributed by atoms with van der Waals surface area (Å²) in [6.45, 7) is 7.81. The number of nitrogens with zero attached hydrogens (tertiary/aromatic N) is 1. The molecule has 0 fully saturated rings. The SMILES string of the molecule is COc1cccc(CN(C(=O)Cc2ccc(Cl)cc2)C(C)C(=O)NC(C)(C)C)c1. The fraction of sp³-hybridized carbons (Fsp3) is 0.391. The van der Waals surface area contributed by atoms with Crippen molar-refractivity contribution in [2.75, 3.05) is 7.11 Å². The monoisotopic (exact) mass is 416 g/mol. The smallest absolute Gasteiger partial charge is 0.242 e. The van der Waals surface area contributed by atoms with Gasteiger partial charge in [-0.05, 0) is 63.1 Å². The maximum atomic E-state index is 13.1. The van der Waals surface area contributed by atoms with Crippen molar-refractivity contribution < 1.29 is 14.3 Å². The standard InChI is InChI=1S/C23H29ClN2O3/c1-16(22(28)25-23(2,3)4)26(15-18-7-6-8-20(13-18)29-5)21(27)14-17-9-11-19(24)12-10-17/h6-13,16H,14-15H2,1-5H3,(H,25,28). The maximum Gasteiger partial charge on any atom is 0.242 e. The van der Waals surface area contributed by atoms with Crippen LogP contribution in [-0.4, -0.2) is 35.4 Å². The number of rotatable bonds is 7. The molecule has 29 heavy (non-hydrogen) atoms. The molecule has 6 heteroatoms. The average molecular weight is 417 g/mol. The highest BCUT2D eigenvalue weighted by molar-refractivity contribution is 6.30. The molecular formula is C23H29ClN2O3. The molecule has 5 nitrogen and oxygen atoms in total. The number of benzene rings is 2. The molecule has 0 aliphatic heterocycles. The summed E-state index contributed by atoms with van der Waals surface area (Å²) >= 11 is 5.94. The van der Waals surface area contributed by atoms with E-state index in [1.165, 1.54) is 0 Å². The summed E-state index contributed by atoms with van der Waals surface area (Å²) in [6, 6.07) is 14.0. The molecule has 156 valence electrons. The number of hydrogen-bond donors (Lipinski definition) is 1.